The van der Waals surface area contributed by atoms with Crippen molar-refractivity contribution in [1.29, 1.82) is 5.26 Å². The first-order valence-corrected chi connectivity index (χ1v) is 6.78. The van der Waals surface area contributed by atoms with Crippen LogP contribution in [-0.2, 0) is 16.1 Å². The van der Waals surface area contributed by atoms with Crippen molar-refractivity contribution in [3.63, 3.8) is 0 Å². The van der Waals surface area contributed by atoms with E-state index in [9.17, 15) is 4.79 Å². The fraction of sp³-hybridized carbons (Fsp3) is 0.400. The van der Waals surface area contributed by atoms with E-state index in [2.05, 4.69) is 11.2 Å². The molecule has 0 radical (unpaired) electrons. The summed E-state index contributed by atoms with van der Waals surface area (Å²) >= 11 is 0. The summed E-state index contributed by atoms with van der Waals surface area (Å²) in [4.78, 5) is 11.3. The first-order valence-electron chi connectivity index (χ1n) is 6.78. The standard InChI is InChI=1S/C15H17N3O3/c1-3-21-15(19)5-4-6-18-10-12-7-11(9-16)14(20-2)8-13(12)17-18/h7-8,10H,3-6H2,1-2H3. The van der Waals surface area contributed by atoms with Crippen molar-refractivity contribution in [2.45, 2.75) is 26.3 Å². The lowest BCUT2D eigenvalue weighted by atomic mass is 10.1. The minimum Gasteiger partial charge on any atom is -0.495 e. The summed E-state index contributed by atoms with van der Waals surface area (Å²) in [6.07, 6.45) is 2.90. The molecule has 0 spiro atoms. The number of fused-ring (bicyclic) bond motifs is 1. The number of benzene rings is 1. The maximum atomic E-state index is 11.3. The molecule has 0 aliphatic rings. The molecule has 110 valence electrons. The second-order valence-electron chi connectivity index (χ2n) is 4.52. The lowest BCUT2D eigenvalue weighted by Gasteiger charge is -2.01. The van der Waals surface area contributed by atoms with Gasteiger partial charge in [0.05, 0.1) is 24.8 Å². The lowest BCUT2D eigenvalue weighted by molar-refractivity contribution is -0.143. The van der Waals surface area contributed by atoms with Crippen LogP contribution >= 0.6 is 0 Å². The van der Waals surface area contributed by atoms with Crippen LogP contribution in [0.2, 0.25) is 0 Å². The molecule has 6 heteroatoms. The number of esters is 1. The van der Waals surface area contributed by atoms with E-state index >= 15 is 0 Å². The third-order valence-electron chi connectivity index (χ3n) is 3.07. The molecular formula is C15H17N3O3. The molecule has 0 unspecified atom stereocenters. The topological polar surface area (TPSA) is 77.1 Å². The number of carbonyl (C=O) groups excluding carboxylic acids is 1. The second-order valence-corrected chi connectivity index (χ2v) is 4.52. The molecule has 0 saturated heterocycles. The summed E-state index contributed by atoms with van der Waals surface area (Å²) in [5.41, 5.74) is 1.25. The van der Waals surface area contributed by atoms with E-state index in [-0.39, 0.29) is 5.97 Å². The zero-order valence-corrected chi connectivity index (χ0v) is 12.1. The van der Waals surface area contributed by atoms with Gasteiger partial charge in [-0.25, -0.2) is 0 Å². The number of aryl methyl sites for hydroxylation is 1. The quantitative estimate of drug-likeness (QED) is 0.762. The Hall–Kier alpha value is -2.55. The van der Waals surface area contributed by atoms with Crippen LogP contribution < -0.4 is 4.74 Å². The minimum atomic E-state index is -0.192. The fourth-order valence-electron chi connectivity index (χ4n) is 2.09. The van der Waals surface area contributed by atoms with E-state index in [1.54, 1.807) is 23.7 Å². The summed E-state index contributed by atoms with van der Waals surface area (Å²) in [6.45, 7) is 2.82. The molecule has 1 aromatic heterocycles. The number of rotatable bonds is 6. The zero-order chi connectivity index (χ0) is 15.2. The van der Waals surface area contributed by atoms with E-state index in [0.717, 1.165) is 10.9 Å². The Balaban J connectivity index is 2.09. The molecule has 2 aromatic rings. The van der Waals surface area contributed by atoms with Crippen molar-refractivity contribution in [2.75, 3.05) is 13.7 Å². The van der Waals surface area contributed by atoms with Crippen LogP contribution in [0.25, 0.3) is 10.9 Å². The van der Waals surface area contributed by atoms with Gasteiger partial charge in [0.15, 0.2) is 0 Å². The van der Waals surface area contributed by atoms with Crippen LogP contribution in [0.1, 0.15) is 25.3 Å². The van der Waals surface area contributed by atoms with Gasteiger partial charge in [-0.05, 0) is 19.4 Å². The highest BCUT2D eigenvalue weighted by atomic mass is 16.5. The molecule has 0 N–H and O–H groups in total. The van der Waals surface area contributed by atoms with E-state index in [4.69, 9.17) is 14.7 Å². The average molecular weight is 287 g/mol. The number of nitriles is 1. The predicted molar refractivity (Wildman–Crippen MR) is 76.9 cm³/mol. The Morgan fingerprint density at radius 1 is 1.48 bits per heavy atom. The van der Waals surface area contributed by atoms with Crippen molar-refractivity contribution in [3.8, 4) is 11.8 Å². The molecule has 0 aliphatic carbocycles. The number of methoxy groups -OCH3 is 1. The molecule has 0 bridgehead atoms. The highest BCUT2D eigenvalue weighted by Crippen LogP contribution is 2.24. The molecule has 0 aliphatic heterocycles. The van der Waals surface area contributed by atoms with E-state index < -0.39 is 0 Å². The number of carbonyl (C=O) groups is 1. The van der Waals surface area contributed by atoms with Gasteiger partial charge in [-0.15, -0.1) is 0 Å². The van der Waals surface area contributed by atoms with E-state index in [1.165, 1.54) is 7.11 Å². The van der Waals surface area contributed by atoms with E-state index in [0.29, 0.717) is 37.3 Å². The largest absolute Gasteiger partial charge is 0.495 e. The van der Waals surface area contributed by atoms with Crippen LogP contribution in [-0.4, -0.2) is 29.5 Å². The highest BCUT2D eigenvalue weighted by Gasteiger charge is 2.09. The minimum absolute atomic E-state index is 0.192. The maximum Gasteiger partial charge on any atom is 0.305 e. The van der Waals surface area contributed by atoms with Gasteiger partial charge in [-0.3, -0.25) is 9.48 Å². The Morgan fingerprint density at radius 2 is 2.29 bits per heavy atom. The van der Waals surface area contributed by atoms with Crippen LogP contribution in [0.5, 0.6) is 5.75 Å². The Kier molecular flexibility index (Phi) is 4.77. The molecule has 2 rings (SSSR count). The highest BCUT2D eigenvalue weighted by molar-refractivity contribution is 5.82. The summed E-state index contributed by atoms with van der Waals surface area (Å²) < 4.78 is 11.8. The van der Waals surface area contributed by atoms with Gasteiger partial charge < -0.3 is 9.47 Å². The summed E-state index contributed by atoms with van der Waals surface area (Å²) in [7, 11) is 1.53. The molecule has 0 saturated carbocycles. The Labute approximate surface area is 122 Å². The third kappa shape index (κ3) is 3.51. The van der Waals surface area contributed by atoms with Crippen molar-refractivity contribution in [3.05, 3.63) is 23.9 Å². The molecule has 1 heterocycles. The maximum absolute atomic E-state index is 11.3. The van der Waals surface area contributed by atoms with Crippen molar-refractivity contribution >= 4 is 16.9 Å². The van der Waals surface area contributed by atoms with Gasteiger partial charge in [-0.2, -0.15) is 10.4 Å². The van der Waals surface area contributed by atoms with Crippen molar-refractivity contribution < 1.29 is 14.3 Å². The van der Waals surface area contributed by atoms with Crippen molar-refractivity contribution in [2.24, 2.45) is 0 Å². The first-order chi connectivity index (χ1) is 10.2. The van der Waals surface area contributed by atoms with Gasteiger partial charge in [0.2, 0.25) is 0 Å². The molecular weight excluding hydrogens is 270 g/mol. The fourth-order valence-corrected chi connectivity index (χ4v) is 2.09. The van der Waals surface area contributed by atoms with Crippen LogP contribution in [0.15, 0.2) is 18.3 Å². The van der Waals surface area contributed by atoms with Crippen molar-refractivity contribution in [1.82, 2.24) is 9.78 Å². The van der Waals surface area contributed by atoms with Crippen LogP contribution in [0, 0.1) is 11.3 Å². The first kappa shape index (κ1) is 14.9. The van der Waals surface area contributed by atoms with Gasteiger partial charge in [0, 0.05) is 30.6 Å². The Morgan fingerprint density at radius 3 is 2.95 bits per heavy atom. The molecule has 21 heavy (non-hydrogen) atoms. The van der Waals surface area contributed by atoms with Gasteiger partial charge in [0.25, 0.3) is 0 Å². The Bertz CT molecular complexity index is 685. The SMILES string of the molecule is CCOC(=O)CCCn1cc2cc(C#N)c(OC)cc2n1. The number of hydrogen-bond acceptors (Lipinski definition) is 5. The van der Waals surface area contributed by atoms with Gasteiger partial charge >= 0.3 is 5.97 Å². The molecule has 1 aromatic carbocycles. The zero-order valence-electron chi connectivity index (χ0n) is 12.1. The lowest BCUT2D eigenvalue weighted by Crippen LogP contribution is -2.06. The second kappa shape index (κ2) is 6.75. The monoisotopic (exact) mass is 287 g/mol. The third-order valence-corrected chi connectivity index (χ3v) is 3.07. The number of aromatic nitrogens is 2. The van der Waals surface area contributed by atoms with Gasteiger partial charge in [-0.1, -0.05) is 0 Å². The average Bonchev–Trinajstić information content (AvgIpc) is 2.87. The molecule has 0 amide bonds. The summed E-state index contributed by atoms with van der Waals surface area (Å²) in [6, 6.07) is 5.60. The molecule has 0 atom stereocenters. The number of ether oxygens (including phenoxy) is 2. The number of hydrogen-bond donors (Lipinski definition) is 0. The predicted octanol–water partition coefficient (Wildman–Crippen LogP) is 2.26. The van der Waals surface area contributed by atoms with Crippen LogP contribution in [0.4, 0.5) is 0 Å². The number of nitrogens with zero attached hydrogens (tertiary/aromatic N) is 3. The smallest absolute Gasteiger partial charge is 0.305 e. The molecule has 6 nitrogen and oxygen atoms in total. The van der Waals surface area contributed by atoms with E-state index in [1.807, 2.05) is 6.20 Å². The van der Waals surface area contributed by atoms with Gasteiger partial charge in [0.1, 0.15) is 11.8 Å². The molecule has 0 fully saturated rings. The normalized spacial score (nSPS) is 10.3. The summed E-state index contributed by atoms with van der Waals surface area (Å²) in [5, 5.41) is 14.4. The summed E-state index contributed by atoms with van der Waals surface area (Å²) in [5.74, 6) is 0.324. The van der Waals surface area contributed by atoms with Crippen LogP contribution in [0.3, 0.4) is 0 Å².